The van der Waals surface area contributed by atoms with Gasteiger partial charge in [0.2, 0.25) is 5.91 Å². The van der Waals surface area contributed by atoms with E-state index in [0.717, 1.165) is 5.69 Å². The lowest BCUT2D eigenvalue weighted by Crippen LogP contribution is -2.23. The van der Waals surface area contributed by atoms with Crippen LogP contribution in [0.25, 0.3) is 0 Å². The van der Waals surface area contributed by atoms with E-state index in [0.29, 0.717) is 6.67 Å². The van der Waals surface area contributed by atoms with Crippen molar-refractivity contribution in [1.29, 1.82) is 0 Å². The molecule has 5 heteroatoms. The fourth-order valence-corrected chi connectivity index (χ4v) is 0.665. The number of carbonyl (C=O) groups is 1. The fourth-order valence-electron chi connectivity index (χ4n) is 0.665. The van der Waals surface area contributed by atoms with E-state index in [9.17, 15) is 4.79 Å². The van der Waals surface area contributed by atoms with Crippen LogP contribution < -0.4 is 5.32 Å². The second-order valence-electron chi connectivity index (χ2n) is 2.29. The van der Waals surface area contributed by atoms with Gasteiger partial charge < -0.3 is 5.32 Å². The maximum Gasteiger partial charge on any atom is 0.218 e. The zero-order valence-corrected chi connectivity index (χ0v) is 6.53. The summed E-state index contributed by atoms with van der Waals surface area (Å²) in [5.41, 5.74) is 0.843. The molecule has 0 aliphatic carbocycles. The first-order chi connectivity index (χ1) is 5.18. The Morgan fingerprint density at radius 1 is 1.82 bits per heavy atom. The lowest BCUT2D eigenvalue weighted by molar-refractivity contribution is -0.119. The molecule has 0 radical (unpaired) electrons. The molecule has 5 nitrogen and oxygen atoms in total. The minimum Gasteiger partial charge on any atom is -0.337 e. The third-order valence-corrected chi connectivity index (χ3v) is 1.14. The predicted molar refractivity (Wildman–Crippen MR) is 38.6 cm³/mol. The molecular formula is C6H10N4O. The van der Waals surface area contributed by atoms with Gasteiger partial charge in [-0.05, 0) is 6.92 Å². The molecule has 0 aliphatic heterocycles. The Kier molecular flexibility index (Phi) is 2.20. The molecular weight excluding hydrogens is 144 g/mol. The number of rotatable bonds is 2. The van der Waals surface area contributed by atoms with Crippen molar-refractivity contribution >= 4 is 5.91 Å². The lowest BCUT2D eigenvalue weighted by atomic mass is 10.6. The largest absolute Gasteiger partial charge is 0.337 e. The standard InChI is InChI=1S/C6H10N4O/c1-5-3-10(9-8-5)4-7-6(2)11/h3H,4H2,1-2H3,(H,7,11). The Balaban J connectivity index is 2.45. The van der Waals surface area contributed by atoms with Crippen molar-refractivity contribution in [3.8, 4) is 0 Å². The van der Waals surface area contributed by atoms with Crippen LogP contribution in [0.4, 0.5) is 0 Å². The van der Waals surface area contributed by atoms with Crippen LogP contribution in [0.2, 0.25) is 0 Å². The molecule has 0 unspecified atom stereocenters. The Hall–Kier alpha value is -1.39. The molecule has 1 heterocycles. The van der Waals surface area contributed by atoms with Gasteiger partial charge in [0.1, 0.15) is 6.67 Å². The second kappa shape index (κ2) is 3.14. The van der Waals surface area contributed by atoms with Gasteiger partial charge in [-0.1, -0.05) is 5.21 Å². The van der Waals surface area contributed by atoms with E-state index in [4.69, 9.17) is 0 Å². The molecule has 0 aliphatic rings. The van der Waals surface area contributed by atoms with Gasteiger partial charge in [-0.15, -0.1) is 5.10 Å². The lowest BCUT2D eigenvalue weighted by Gasteiger charge is -1.98. The Labute approximate surface area is 64.4 Å². The molecule has 0 bridgehead atoms. The van der Waals surface area contributed by atoms with Crippen molar-refractivity contribution in [2.24, 2.45) is 0 Å². The number of nitrogens with zero attached hydrogens (tertiary/aromatic N) is 3. The maximum atomic E-state index is 10.5. The van der Waals surface area contributed by atoms with Gasteiger partial charge in [-0.25, -0.2) is 4.68 Å². The topological polar surface area (TPSA) is 59.8 Å². The number of hydrogen-bond acceptors (Lipinski definition) is 3. The van der Waals surface area contributed by atoms with Crippen LogP contribution in [0.3, 0.4) is 0 Å². The number of carbonyl (C=O) groups excluding carboxylic acids is 1. The van der Waals surface area contributed by atoms with E-state index in [1.165, 1.54) is 6.92 Å². The van der Waals surface area contributed by atoms with Crippen LogP contribution in [-0.4, -0.2) is 20.9 Å². The molecule has 0 aromatic carbocycles. The Morgan fingerprint density at radius 3 is 3.00 bits per heavy atom. The van der Waals surface area contributed by atoms with Crippen molar-refractivity contribution in [2.75, 3.05) is 0 Å². The summed E-state index contributed by atoms with van der Waals surface area (Å²) in [4.78, 5) is 10.5. The number of hydrogen-bond donors (Lipinski definition) is 1. The summed E-state index contributed by atoms with van der Waals surface area (Å²) >= 11 is 0. The Morgan fingerprint density at radius 2 is 2.55 bits per heavy atom. The van der Waals surface area contributed by atoms with Gasteiger partial charge in [0.05, 0.1) is 11.9 Å². The molecule has 1 rings (SSSR count). The van der Waals surface area contributed by atoms with E-state index in [1.807, 2.05) is 6.92 Å². The van der Waals surface area contributed by atoms with Crippen LogP contribution >= 0.6 is 0 Å². The highest BCUT2D eigenvalue weighted by Crippen LogP contribution is 1.86. The minimum atomic E-state index is -0.0712. The van der Waals surface area contributed by atoms with Crippen molar-refractivity contribution < 1.29 is 4.79 Å². The van der Waals surface area contributed by atoms with Crippen LogP contribution in [-0.2, 0) is 11.5 Å². The molecule has 0 fully saturated rings. The molecule has 1 N–H and O–H groups in total. The van der Waals surface area contributed by atoms with Crippen molar-refractivity contribution in [3.05, 3.63) is 11.9 Å². The summed E-state index contributed by atoms with van der Waals surface area (Å²) < 4.78 is 1.57. The van der Waals surface area contributed by atoms with Gasteiger partial charge in [0, 0.05) is 6.92 Å². The van der Waals surface area contributed by atoms with Crippen molar-refractivity contribution in [1.82, 2.24) is 20.3 Å². The molecule has 0 saturated carbocycles. The van der Waals surface area contributed by atoms with Crippen LogP contribution in [0.5, 0.6) is 0 Å². The number of amides is 1. The van der Waals surface area contributed by atoms with Crippen molar-refractivity contribution in [3.63, 3.8) is 0 Å². The third kappa shape index (κ3) is 2.37. The smallest absolute Gasteiger partial charge is 0.218 e. The summed E-state index contributed by atoms with van der Waals surface area (Å²) in [7, 11) is 0. The summed E-state index contributed by atoms with van der Waals surface area (Å²) in [6, 6.07) is 0. The molecule has 1 amide bonds. The van der Waals surface area contributed by atoms with E-state index >= 15 is 0 Å². The fraction of sp³-hybridized carbons (Fsp3) is 0.500. The monoisotopic (exact) mass is 154 g/mol. The second-order valence-corrected chi connectivity index (χ2v) is 2.29. The SMILES string of the molecule is CC(=O)NCn1cc(C)nn1. The zero-order valence-electron chi connectivity index (χ0n) is 6.53. The first-order valence-electron chi connectivity index (χ1n) is 3.29. The molecule has 1 aromatic heterocycles. The van der Waals surface area contributed by atoms with Crippen LogP contribution in [0.15, 0.2) is 6.20 Å². The van der Waals surface area contributed by atoms with Gasteiger partial charge >= 0.3 is 0 Å². The third-order valence-electron chi connectivity index (χ3n) is 1.14. The average molecular weight is 154 g/mol. The highest BCUT2D eigenvalue weighted by molar-refractivity contribution is 5.72. The normalized spacial score (nSPS) is 9.64. The maximum absolute atomic E-state index is 10.5. The quantitative estimate of drug-likeness (QED) is 0.635. The predicted octanol–water partition coefficient (Wildman–Crippen LogP) is -0.320. The first-order valence-corrected chi connectivity index (χ1v) is 3.29. The highest BCUT2D eigenvalue weighted by atomic mass is 16.1. The first kappa shape index (κ1) is 7.71. The molecule has 0 saturated heterocycles. The van der Waals surface area contributed by atoms with Gasteiger partial charge in [-0.2, -0.15) is 0 Å². The molecule has 0 atom stereocenters. The van der Waals surface area contributed by atoms with E-state index in [1.54, 1.807) is 10.9 Å². The number of nitrogens with one attached hydrogen (secondary N) is 1. The van der Waals surface area contributed by atoms with E-state index in [2.05, 4.69) is 15.6 Å². The molecule has 60 valence electrons. The molecule has 0 spiro atoms. The summed E-state index contributed by atoms with van der Waals surface area (Å²) in [6.45, 7) is 3.69. The minimum absolute atomic E-state index is 0.0712. The number of aromatic nitrogens is 3. The van der Waals surface area contributed by atoms with Crippen molar-refractivity contribution in [2.45, 2.75) is 20.5 Å². The number of aryl methyl sites for hydroxylation is 1. The average Bonchev–Trinajstić information content (AvgIpc) is 2.31. The van der Waals surface area contributed by atoms with E-state index < -0.39 is 0 Å². The van der Waals surface area contributed by atoms with Crippen LogP contribution in [0, 0.1) is 6.92 Å². The van der Waals surface area contributed by atoms with Gasteiger partial charge in [-0.3, -0.25) is 4.79 Å². The summed E-state index contributed by atoms with van der Waals surface area (Å²) in [5.74, 6) is -0.0712. The highest BCUT2D eigenvalue weighted by Gasteiger charge is 1.94. The van der Waals surface area contributed by atoms with E-state index in [-0.39, 0.29) is 5.91 Å². The Bertz CT molecular complexity index is 255. The van der Waals surface area contributed by atoms with Crippen LogP contribution in [0.1, 0.15) is 12.6 Å². The summed E-state index contributed by atoms with van der Waals surface area (Å²) in [6.07, 6.45) is 1.76. The van der Waals surface area contributed by atoms with Gasteiger partial charge in [0.25, 0.3) is 0 Å². The molecule has 11 heavy (non-hydrogen) atoms. The summed E-state index contributed by atoms with van der Waals surface area (Å²) in [5, 5.41) is 10.1. The molecule has 1 aromatic rings. The van der Waals surface area contributed by atoms with Gasteiger partial charge in [0.15, 0.2) is 0 Å². The zero-order chi connectivity index (χ0) is 8.27.